The van der Waals surface area contributed by atoms with Crippen LogP contribution in [0.25, 0.3) is 0 Å². The predicted molar refractivity (Wildman–Crippen MR) is 113 cm³/mol. The molecule has 1 aliphatic rings. The lowest BCUT2D eigenvalue weighted by atomic mass is 10.1. The van der Waals surface area contributed by atoms with E-state index >= 15 is 0 Å². The summed E-state index contributed by atoms with van der Waals surface area (Å²) in [5, 5.41) is 26.6. The first-order valence-corrected chi connectivity index (χ1v) is 10.7. The number of thioether (sulfide) groups is 1. The number of rotatable bonds is 5. The number of nitrogen functional groups attached to an aromatic ring is 1. The first-order chi connectivity index (χ1) is 14.6. The van der Waals surface area contributed by atoms with Gasteiger partial charge in [0.15, 0.2) is 0 Å². The molecule has 8 nitrogen and oxygen atoms in total. The molecular weight excluding hydrogens is 420 g/mol. The second-order valence-corrected chi connectivity index (χ2v) is 8.20. The molecule has 10 heteroatoms. The predicted octanol–water partition coefficient (Wildman–Crippen LogP) is 3.53. The fourth-order valence-electron chi connectivity index (χ4n) is 3.02. The Morgan fingerprint density at radius 1 is 1.33 bits per heavy atom. The number of furan rings is 1. The molecule has 1 aliphatic heterocycles. The van der Waals surface area contributed by atoms with E-state index in [1.54, 1.807) is 23.7 Å². The van der Waals surface area contributed by atoms with Crippen LogP contribution in [0.3, 0.4) is 0 Å². The molecule has 4 heterocycles. The third-order valence-corrected chi connectivity index (χ3v) is 6.33. The highest BCUT2D eigenvalue weighted by atomic mass is 32.2. The van der Waals surface area contributed by atoms with E-state index in [-0.39, 0.29) is 34.6 Å². The molecule has 4 rings (SSSR count). The van der Waals surface area contributed by atoms with E-state index in [0.29, 0.717) is 17.2 Å². The van der Waals surface area contributed by atoms with Gasteiger partial charge in [-0.05, 0) is 29.6 Å². The summed E-state index contributed by atoms with van der Waals surface area (Å²) in [6.45, 7) is 0. The largest absolute Gasteiger partial charge is 0.467 e. The standard InChI is InChI=1S/C20H14N6O2S2/c21-9-12-7-13(10-22)20(24-19(12)23)30-11-18(27)26-15(16-3-1-5-28-16)8-14(25-26)17-4-2-6-29-17/h1-7,15H,8,11H2,(H2,23,24). The molecule has 2 N–H and O–H groups in total. The maximum absolute atomic E-state index is 13.0. The highest BCUT2D eigenvalue weighted by molar-refractivity contribution is 8.00. The maximum Gasteiger partial charge on any atom is 0.253 e. The van der Waals surface area contributed by atoms with Crippen LogP contribution in [-0.2, 0) is 4.79 Å². The number of hydrogen-bond acceptors (Lipinski definition) is 9. The van der Waals surface area contributed by atoms with Gasteiger partial charge in [-0.15, -0.1) is 11.3 Å². The van der Waals surface area contributed by atoms with Crippen molar-refractivity contribution < 1.29 is 9.21 Å². The second kappa shape index (κ2) is 8.41. The van der Waals surface area contributed by atoms with Crippen LogP contribution < -0.4 is 5.73 Å². The molecule has 0 saturated carbocycles. The number of hydrazone groups is 1. The van der Waals surface area contributed by atoms with E-state index in [2.05, 4.69) is 10.1 Å². The Balaban J connectivity index is 1.56. The average molecular weight is 435 g/mol. The van der Waals surface area contributed by atoms with Gasteiger partial charge in [-0.3, -0.25) is 4.79 Å². The summed E-state index contributed by atoms with van der Waals surface area (Å²) in [5.41, 5.74) is 6.91. The van der Waals surface area contributed by atoms with E-state index in [1.165, 1.54) is 11.1 Å². The van der Waals surface area contributed by atoms with Gasteiger partial charge < -0.3 is 10.2 Å². The molecule has 1 amide bonds. The van der Waals surface area contributed by atoms with Crippen LogP contribution in [0, 0.1) is 22.7 Å². The zero-order valence-corrected chi connectivity index (χ0v) is 17.1. The van der Waals surface area contributed by atoms with E-state index < -0.39 is 0 Å². The number of carbonyl (C=O) groups excluding carboxylic acids is 1. The molecule has 0 bridgehead atoms. The molecule has 1 atom stereocenters. The Morgan fingerprint density at radius 2 is 2.17 bits per heavy atom. The molecule has 0 aromatic carbocycles. The molecule has 0 radical (unpaired) electrons. The van der Waals surface area contributed by atoms with Crippen molar-refractivity contribution in [2.45, 2.75) is 17.5 Å². The Bertz CT molecular complexity index is 1190. The Morgan fingerprint density at radius 3 is 2.83 bits per heavy atom. The van der Waals surface area contributed by atoms with Crippen LogP contribution >= 0.6 is 23.1 Å². The number of aromatic nitrogens is 1. The Hall–Kier alpha value is -3.60. The van der Waals surface area contributed by atoms with Crippen molar-refractivity contribution in [3.63, 3.8) is 0 Å². The summed E-state index contributed by atoms with van der Waals surface area (Å²) < 4.78 is 5.53. The fraction of sp³-hybridized carbons (Fsp3) is 0.150. The lowest BCUT2D eigenvalue weighted by molar-refractivity contribution is -0.130. The Kier molecular flexibility index (Phi) is 5.53. The van der Waals surface area contributed by atoms with E-state index in [1.807, 2.05) is 35.7 Å². The normalized spacial score (nSPS) is 15.5. The summed E-state index contributed by atoms with van der Waals surface area (Å²) in [5.74, 6) is 0.439. The first kappa shape index (κ1) is 19.7. The molecule has 30 heavy (non-hydrogen) atoms. The van der Waals surface area contributed by atoms with Crippen molar-refractivity contribution in [3.05, 3.63) is 63.7 Å². The third kappa shape index (κ3) is 3.79. The van der Waals surface area contributed by atoms with Gasteiger partial charge in [0.25, 0.3) is 5.91 Å². The second-order valence-electron chi connectivity index (χ2n) is 6.28. The number of hydrogen-bond donors (Lipinski definition) is 1. The molecule has 0 spiro atoms. The highest BCUT2D eigenvalue weighted by Crippen LogP contribution is 2.35. The first-order valence-electron chi connectivity index (χ1n) is 8.81. The van der Waals surface area contributed by atoms with Gasteiger partial charge in [0, 0.05) is 6.42 Å². The number of nitrogens with two attached hydrogens (primary N) is 1. The van der Waals surface area contributed by atoms with E-state index in [9.17, 15) is 10.1 Å². The average Bonchev–Trinajstić information content (AvgIpc) is 3.52. The number of anilines is 1. The van der Waals surface area contributed by atoms with Gasteiger partial charge in [0.05, 0.1) is 33.7 Å². The molecular formula is C20H14N6O2S2. The minimum absolute atomic E-state index is 0.00541. The van der Waals surface area contributed by atoms with Crippen LogP contribution in [0.5, 0.6) is 0 Å². The van der Waals surface area contributed by atoms with Crippen molar-refractivity contribution in [3.8, 4) is 12.1 Å². The van der Waals surface area contributed by atoms with Crippen LogP contribution in [0.1, 0.15) is 34.2 Å². The summed E-state index contributed by atoms with van der Waals surface area (Å²) in [6, 6.07) is 12.4. The van der Waals surface area contributed by atoms with Crippen molar-refractivity contribution in [1.29, 1.82) is 10.5 Å². The molecule has 0 saturated heterocycles. The van der Waals surface area contributed by atoms with Crippen LogP contribution in [0.2, 0.25) is 0 Å². The minimum Gasteiger partial charge on any atom is -0.467 e. The lowest BCUT2D eigenvalue weighted by Gasteiger charge is -2.19. The molecule has 148 valence electrons. The Labute approximate surface area is 180 Å². The summed E-state index contributed by atoms with van der Waals surface area (Å²) in [7, 11) is 0. The van der Waals surface area contributed by atoms with Crippen molar-refractivity contribution in [2.75, 3.05) is 11.5 Å². The van der Waals surface area contributed by atoms with Gasteiger partial charge in [-0.1, -0.05) is 17.8 Å². The number of amides is 1. The quantitative estimate of drug-likeness (QED) is 0.607. The van der Waals surface area contributed by atoms with Gasteiger partial charge in [-0.2, -0.15) is 15.6 Å². The van der Waals surface area contributed by atoms with Crippen LogP contribution in [0.15, 0.2) is 56.5 Å². The molecule has 3 aromatic heterocycles. The summed E-state index contributed by atoms with van der Waals surface area (Å²) >= 11 is 2.65. The molecule has 3 aromatic rings. The number of carbonyl (C=O) groups is 1. The maximum atomic E-state index is 13.0. The fourth-order valence-corrected chi connectivity index (χ4v) is 4.56. The number of nitrogens with zero attached hydrogens (tertiary/aromatic N) is 5. The summed E-state index contributed by atoms with van der Waals surface area (Å²) in [4.78, 5) is 18.1. The van der Waals surface area contributed by atoms with Gasteiger partial charge >= 0.3 is 0 Å². The van der Waals surface area contributed by atoms with Crippen molar-refractivity contribution in [1.82, 2.24) is 9.99 Å². The minimum atomic E-state index is -0.334. The van der Waals surface area contributed by atoms with Gasteiger partial charge in [-0.25, -0.2) is 9.99 Å². The number of nitriles is 2. The van der Waals surface area contributed by atoms with Gasteiger partial charge in [0.2, 0.25) is 0 Å². The molecule has 1 unspecified atom stereocenters. The molecule has 0 fully saturated rings. The smallest absolute Gasteiger partial charge is 0.253 e. The number of thiophene rings is 1. The topological polar surface area (TPSA) is 132 Å². The zero-order valence-electron chi connectivity index (χ0n) is 15.5. The van der Waals surface area contributed by atoms with Crippen molar-refractivity contribution in [2.24, 2.45) is 5.10 Å². The van der Waals surface area contributed by atoms with E-state index in [4.69, 9.17) is 15.4 Å². The third-order valence-electron chi connectivity index (χ3n) is 4.43. The lowest BCUT2D eigenvalue weighted by Crippen LogP contribution is -2.28. The monoisotopic (exact) mass is 434 g/mol. The SMILES string of the molecule is N#Cc1cc(C#N)c(SCC(=O)N2N=C(c3cccs3)CC2c2ccco2)nc1N. The summed E-state index contributed by atoms with van der Waals surface area (Å²) in [6.07, 6.45) is 2.12. The van der Waals surface area contributed by atoms with Crippen molar-refractivity contribution >= 4 is 40.5 Å². The zero-order chi connectivity index (χ0) is 21.1. The highest BCUT2D eigenvalue weighted by Gasteiger charge is 2.35. The molecule has 0 aliphatic carbocycles. The van der Waals surface area contributed by atoms with Gasteiger partial charge in [0.1, 0.15) is 34.8 Å². The van der Waals surface area contributed by atoms with Crippen LogP contribution in [0.4, 0.5) is 5.82 Å². The van der Waals surface area contributed by atoms with E-state index in [0.717, 1.165) is 22.4 Å². The van der Waals surface area contributed by atoms with Crippen LogP contribution in [-0.4, -0.2) is 27.4 Å². The number of pyridine rings is 1.